The second-order valence-electron chi connectivity index (χ2n) is 5.64. The molecule has 0 radical (unpaired) electrons. The van der Waals surface area contributed by atoms with Crippen LogP contribution in [-0.4, -0.2) is 23.1 Å². The van der Waals surface area contributed by atoms with Crippen molar-refractivity contribution in [1.29, 1.82) is 0 Å². The van der Waals surface area contributed by atoms with Gasteiger partial charge < -0.3 is 10.1 Å². The summed E-state index contributed by atoms with van der Waals surface area (Å²) >= 11 is 0. The van der Waals surface area contributed by atoms with Crippen LogP contribution in [-0.2, 0) is 6.54 Å². The van der Waals surface area contributed by atoms with Crippen molar-refractivity contribution in [1.82, 2.24) is 15.3 Å². The highest BCUT2D eigenvalue weighted by molar-refractivity contribution is 5.08. The van der Waals surface area contributed by atoms with Crippen LogP contribution in [0.25, 0.3) is 0 Å². The lowest BCUT2D eigenvalue weighted by atomic mass is 10.2. The van der Waals surface area contributed by atoms with E-state index < -0.39 is 0 Å². The molecule has 1 aromatic heterocycles. The molecule has 20 heavy (non-hydrogen) atoms. The molecule has 0 saturated heterocycles. The van der Waals surface area contributed by atoms with Crippen molar-refractivity contribution < 1.29 is 4.74 Å². The van der Waals surface area contributed by atoms with Crippen molar-refractivity contribution in [2.24, 2.45) is 5.92 Å². The largest absolute Gasteiger partial charge is 0.477 e. The van der Waals surface area contributed by atoms with Crippen LogP contribution in [0.3, 0.4) is 0 Å². The molecule has 0 saturated carbocycles. The second kappa shape index (κ2) is 10.6. The normalized spacial score (nSPS) is 11.0. The van der Waals surface area contributed by atoms with E-state index in [-0.39, 0.29) is 0 Å². The molecule has 1 rings (SSSR count). The fourth-order valence-electron chi connectivity index (χ4n) is 1.91. The minimum absolute atomic E-state index is 0.643. The van der Waals surface area contributed by atoms with E-state index in [9.17, 15) is 0 Å². The maximum atomic E-state index is 5.65. The summed E-state index contributed by atoms with van der Waals surface area (Å²) in [6.45, 7) is 9.09. The quantitative estimate of drug-likeness (QED) is 0.629. The summed E-state index contributed by atoms with van der Waals surface area (Å²) in [6, 6.07) is 0. The van der Waals surface area contributed by atoms with Gasteiger partial charge in [-0.25, -0.2) is 4.98 Å². The lowest BCUT2D eigenvalue weighted by Crippen LogP contribution is -2.19. The van der Waals surface area contributed by atoms with E-state index >= 15 is 0 Å². The maximum Gasteiger partial charge on any atom is 0.232 e. The van der Waals surface area contributed by atoms with Crippen LogP contribution in [0.5, 0.6) is 5.88 Å². The van der Waals surface area contributed by atoms with Crippen molar-refractivity contribution in [2.75, 3.05) is 13.2 Å². The minimum Gasteiger partial charge on any atom is -0.477 e. The first-order valence-corrected chi connectivity index (χ1v) is 7.86. The van der Waals surface area contributed by atoms with Gasteiger partial charge in [-0.05, 0) is 18.9 Å². The van der Waals surface area contributed by atoms with Crippen LogP contribution in [0.1, 0.15) is 58.6 Å². The van der Waals surface area contributed by atoms with Crippen LogP contribution in [0.2, 0.25) is 0 Å². The Morgan fingerprint density at radius 3 is 2.70 bits per heavy atom. The molecule has 0 aliphatic rings. The molecule has 0 aliphatic carbocycles. The summed E-state index contributed by atoms with van der Waals surface area (Å²) < 4.78 is 5.65. The van der Waals surface area contributed by atoms with Gasteiger partial charge in [-0.3, -0.25) is 4.98 Å². The topological polar surface area (TPSA) is 47.0 Å². The number of ether oxygens (including phenoxy) is 1. The summed E-state index contributed by atoms with van der Waals surface area (Å²) in [5, 5.41) is 3.36. The van der Waals surface area contributed by atoms with Gasteiger partial charge >= 0.3 is 0 Å². The van der Waals surface area contributed by atoms with Crippen molar-refractivity contribution >= 4 is 0 Å². The first kappa shape index (κ1) is 16.9. The Kier molecular flexibility index (Phi) is 8.96. The molecule has 1 heterocycles. The first-order valence-electron chi connectivity index (χ1n) is 7.86. The molecule has 4 nitrogen and oxygen atoms in total. The highest BCUT2D eigenvalue weighted by Crippen LogP contribution is 2.08. The molecule has 0 spiro atoms. The molecular formula is C16H29N3O. The van der Waals surface area contributed by atoms with E-state index in [4.69, 9.17) is 4.74 Å². The van der Waals surface area contributed by atoms with Gasteiger partial charge in [0, 0.05) is 12.7 Å². The molecule has 1 N–H and O–H groups in total. The molecule has 1 aromatic rings. The van der Waals surface area contributed by atoms with Gasteiger partial charge in [0.2, 0.25) is 5.88 Å². The molecule has 0 bridgehead atoms. The second-order valence-corrected chi connectivity index (χ2v) is 5.64. The van der Waals surface area contributed by atoms with Gasteiger partial charge in [0.25, 0.3) is 0 Å². The van der Waals surface area contributed by atoms with E-state index in [1.165, 1.54) is 25.7 Å². The number of nitrogens with zero attached hydrogens (tertiary/aromatic N) is 2. The van der Waals surface area contributed by atoms with Gasteiger partial charge in [0.1, 0.15) is 0 Å². The molecule has 0 aromatic carbocycles. The van der Waals surface area contributed by atoms with Gasteiger partial charge in [-0.1, -0.05) is 46.5 Å². The Bertz CT molecular complexity index is 355. The van der Waals surface area contributed by atoms with Crippen molar-refractivity contribution in [3.05, 3.63) is 18.1 Å². The minimum atomic E-state index is 0.643. The van der Waals surface area contributed by atoms with Crippen LogP contribution in [0.4, 0.5) is 0 Å². The highest BCUT2D eigenvalue weighted by atomic mass is 16.5. The number of aromatic nitrogens is 2. The molecule has 0 atom stereocenters. The van der Waals surface area contributed by atoms with Crippen LogP contribution >= 0.6 is 0 Å². The smallest absolute Gasteiger partial charge is 0.232 e. The van der Waals surface area contributed by atoms with Gasteiger partial charge in [-0.2, -0.15) is 0 Å². The van der Waals surface area contributed by atoms with E-state index in [1.807, 2.05) is 0 Å². The average molecular weight is 279 g/mol. The van der Waals surface area contributed by atoms with Crippen molar-refractivity contribution in [3.63, 3.8) is 0 Å². The monoisotopic (exact) mass is 279 g/mol. The van der Waals surface area contributed by atoms with Gasteiger partial charge in [-0.15, -0.1) is 0 Å². The van der Waals surface area contributed by atoms with Crippen LogP contribution in [0.15, 0.2) is 12.4 Å². The van der Waals surface area contributed by atoms with E-state index in [1.54, 1.807) is 12.4 Å². The number of unbranched alkanes of at least 4 members (excludes halogenated alkanes) is 4. The third kappa shape index (κ3) is 8.10. The molecule has 0 aliphatic heterocycles. The zero-order valence-electron chi connectivity index (χ0n) is 13.2. The zero-order chi connectivity index (χ0) is 14.6. The third-order valence-corrected chi connectivity index (χ3v) is 3.02. The van der Waals surface area contributed by atoms with E-state index in [0.29, 0.717) is 11.8 Å². The Morgan fingerprint density at radius 2 is 1.95 bits per heavy atom. The Hall–Kier alpha value is -1.16. The Balaban J connectivity index is 2.22. The molecule has 114 valence electrons. The van der Waals surface area contributed by atoms with Crippen molar-refractivity contribution in [3.8, 4) is 5.88 Å². The molecule has 0 fully saturated rings. The van der Waals surface area contributed by atoms with Gasteiger partial charge in [0.15, 0.2) is 0 Å². The molecule has 4 heteroatoms. The number of nitrogens with one attached hydrogen (secondary N) is 1. The predicted octanol–water partition coefficient (Wildman–Crippen LogP) is 3.57. The number of hydrogen-bond donors (Lipinski definition) is 1. The van der Waals surface area contributed by atoms with E-state index in [2.05, 4.69) is 36.1 Å². The average Bonchev–Trinajstić information content (AvgIpc) is 2.43. The summed E-state index contributed by atoms with van der Waals surface area (Å²) in [5.41, 5.74) is 0.939. The Labute approximate surface area is 123 Å². The fourth-order valence-corrected chi connectivity index (χ4v) is 1.91. The zero-order valence-corrected chi connectivity index (χ0v) is 13.2. The predicted molar refractivity (Wildman–Crippen MR) is 82.8 cm³/mol. The van der Waals surface area contributed by atoms with Crippen molar-refractivity contribution in [2.45, 2.75) is 59.4 Å². The SMILES string of the molecule is CCCCCCCOc1cncc(CNCC(C)C)n1. The fraction of sp³-hybridized carbons (Fsp3) is 0.750. The molecule has 0 amide bonds. The molecular weight excluding hydrogens is 250 g/mol. The lowest BCUT2D eigenvalue weighted by Gasteiger charge is -2.08. The van der Waals surface area contributed by atoms with Crippen LogP contribution in [0, 0.1) is 5.92 Å². The third-order valence-electron chi connectivity index (χ3n) is 3.02. The highest BCUT2D eigenvalue weighted by Gasteiger charge is 2.01. The lowest BCUT2D eigenvalue weighted by molar-refractivity contribution is 0.291. The summed E-state index contributed by atoms with van der Waals surface area (Å²) in [5.74, 6) is 1.29. The summed E-state index contributed by atoms with van der Waals surface area (Å²) in [7, 11) is 0. The van der Waals surface area contributed by atoms with E-state index in [0.717, 1.165) is 31.8 Å². The maximum absolute atomic E-state index is 5.65. The van der Waals surface area contributed by atoms with Gasteiger partial charge in [0.05, 0.1) is 18.5 Å². The first-order chi connectivity index (χ1) is 9.72. The summed E-state index contributed by atoms with van der Waals surface area (Å²) in [4.78, 5) is 8.64. The number of hydrogen-bond acceptors (Lipinski definition) is 4. The Morgan fingerprint density at radius 1 is 1.15 bits per heavy atom. The number of rotatable bonds is 11. The standard InChI is InChI=1S/C16H29N3O/c1-4-5-6-7-8-9-20-16-13-18-12-15(19-16)11-17-10-14(2)3/h12-14,17H,4-11H2,1-3H3. The summed E-state index contributed by atoms with van der Waals surface area (Å²) in [6.07, 6.45) is 9.70. The molecule has 0 unspecified atom stereocenters. The van der Waals surface area contributed by atoms with Crippen LogP contribution < -0.4 is 10.1 Å².